The topological polar surface area (TPSA) is 49.6 Å². The summed E-state index contributed by atoms with van der Waals surface area (Å²) in [5, 5.41) is 10.6. The molecule has 1 fully saturated rings. The summed E-state index contributed by atoms with van der Waals surface area (Å²) < 4.78 is 40.3. The first-order chi connectivity index (χ1) is 10.3. The van der Waals surface area contributed by atoms with E-state index in [1.54, 1.807) is 0 Å². The maximum Gasteiger partial charge on any atom is 0.408 e. The van der Waals surface area contributed by atoms with Crippen molar-refractivity contribution in [2.24, 2.45) is 0 Å². The van der Waals surface area contributed by atoms with E-state index in [1.165, 1.54) is 17.0 Å². The van der Waals surface area contributed by atoms with Gasteiger partial charge < -0.3 is 4.90 Å². The molecule has 8 heteroatoms. The summed E-state index contributed by atoms with van der Waals surface area (Å²) in [5.74, 6) is 0. The monoisotopic (exact) mass is 317 g/mol. The van der Waals surface area contributed by atoms with Gasteiger partial charge in [0.15, 0.2) is 0 Å². The van der Waals surface area contributed by atoms with Gasteiger partial charge in [0.2, 0.25) is 0 Å². The smallest absolute Gasteiger partial charge is 0.301 e. The van der Waals surface area contributed by atoms with Crippen LogP contribution in [0.5, 0.6) is 0 Å². The molecule has 1 aromatic carbocycles. The van der Waals surface area contributed by atoms with Crippen LogP contribution in [0, 0.1) is 10.1 Å². The number of nitrogens with zero attached hydrogens (tertiary/aromatic N) is 3. The average Bonchev–Trinajstić information content (AvgIpc) is 2.47. The van der Waals surface area contributed by atoms with E-state index in [2.05, 4.69) is 4.90 Å². The molecule has 1 aromatic rings. The molecule has 0 bridgehead atoms. The van der Waals surface area contributed by atoms with Crippen molar-refractivity contribution in [1.29, 1.82) is 0 Å². The van der Waals surface area contributed by atoms with E-state index < -0.39 is 17.1 Å². The normalized spacial score (nSPS) is 19.1. The van der Waals surface area contributed by atoms with E-state index in [-0.39, 0.29) is 11.3 Å². The molecule has 1 saturated heterocycles. The van der Waals surface area contributed by atoms with Gasteiger partial charge >= 0.3 is 6.18 Å². The van der Waals surface area contributed by atoms with E-state index in [1.807, 2.05) is 6.92 Å². The Balaban J connectivity index is 2.22. The van der Waals surface area contributed by atoms with Crippen molar-refractivity contribution < 1.29 is 18.1 Å². The number of halogens is 3. The Bertz CT molecular complexity index is 511. The van der Waals surface area contributed by atoms with Gasteiger partial charge in [-0.25, -0.2) is 0 Å². The van der Waals surface area contributed by atoms with Gasteiger partial charge in [0.05, 0.1) is 4.92 Å². The lowest BCUT2D eigenvalue weighted by molar-refractivity contribution is -0.384. The lowest BCUT2D eigenvalue weighted by Gasteiger charge is -2.39. The Morgan fingerprint density at radius 3 is 2.14 bits per heavy atom. The predicted molar refractivity (Wildman–Crippen MR) is 75.6 cm³/mol. The number of nitro benzene ring substituents is 1. The van der Waals surface area contributed by atoms with Crippen molar-refractivity contribution in [2.45, 2.75) is 19.1 Å². The second-order valence-electron chi connectivity index (χ2n) is 5.26. The molecular weight excluding hydrogens is 299 g/mol. The Hall–Kier alpha value is -1.67. The van der Waals surface area contributed by atoms with Crippen LogP contribution in [-0.4, -0.2) is 53.6 Å². The average molecular weight is 317 g/mol. The number of hydrogen-bond acceptors (Lipinski definition) is 4. The van der Waals surface area contributed by atoms with E-state index in [4.69, 9.17) is 0 Å². The summed E-state index contributed by atoms with van der Waals surface area (Å²) in [6, 6.07) is 2.92. The molecule has 1 unspecified atom stereocenters. The summed E-state index contributed by atoms with van der Waals surface area (Å²) in [7, 11) is 0. The Morgan fingerprint density at radius 2 is 1.73 bits per heavy atom. The largest absolute Gasteiger partial charge is 0.408 e. The van der Waals surface area contributed by atoms with Gasteiger partial charge in [0.25, 0.3) is 5.69 Å². The summed E-state index contributed by atoms with van der Waals surface area (Å²) in [5.41, 5.74) is -0.163. The Labute approximate surface area is 126 Å². The maximum absolute atomic E-state index is 13.4. The highest BCUT2D eigenvalue weighted by atomic mass is 19.4. The van der Waals surface area contributed by atoms with Crippen LogP contribution in [0.3, 0.4) is 0 Å². The molecule has 22 heavy (non-hydrogen) atoms. The summed E-state index contributed by atoms with van der Waals surface area (Å²) >= 11 is 0. The van der Waals surface area contributed by atoms with E-state index >= 15 is 0 Å². The summed E-state index contributed by atoms with van der Waals surface area (Å²) in [6.45, 7) is 4.64. The SMILES string of the molecule is CCN1CCN(C(c2ccc([N+](=O)[O-])cc2)C(F)(F)F)CC1. The highest BCUT2D eigenvalue weighted by molar-refractivity contribution is 5.34. The molecule has 0 saturated carbocycles. The fraction of sp³-hybridized carbons (Fsp3) is 0.571. The molecule has 5 nitrogen and oxygen atoms in total. The van der Waals surface area contributed by atoms with Crippen LogP contribution in [0.25, 0.3) is 0 Å². The van der Waals surface area contributed by atoms with E-state index in [9.17, 15) is 23.3 Å². The zero-order valence-corrected chi connectivity index (χ0v) is 12.2. The Morgan fingerprint density at radius 1 is 1.18 bits per heavy atom. The van der Waals surface area contributed by atoms with Gasteiger partial charge in [-0.05, 0) is 12.1 Å². The van der Waals surface area contributed by atoms with Crippen LogP contribution in [0.4, 0.5) is 18.9 Å². The van der Waals surface area contributed by atoms with Crippen molar-refractivity contribution in [2.75, 3.05) is 32.7 Å². The molecule has 0 N–H and O–H groups in total. The number of likely N-dealkylation sites (N-methyl/N-ethyl adjacent to an activating group) is 1. The molecule has 2 rings (SSSR count). The number of benzene rings is 1. The molecule has 1 atom stereocenters. The first kappa shape index (κ1) is 16.7. The fourth-order valence-electron chi connectivity index (χ4n) is 2.72. The van der Waals surface area contributed by atoms with Crippen LogP contribution in [0.1, 0.15) is 18.5 Å². The van der Waals surface area contributed by atoms with Crippen molar-refractivity contribution in [3.05, 3.63) is 39.9 Å². The number of hydrogen-bond donors (Lipinski definition) is 0. The lowest BCUT2D eigenvalue weighted by atomic mass is 10.0. The van der Waals surface area contributed by atoms with Gasteiger partial charge in [0.1, 0.15) is 6.04 Å². The quantitative estimate of drug-likeness (QED) is 0.633. The maximum atomic E-state index is 13.4. The van der Waals surface area contributed by atoms with Crippen LogP contribution in [-0.2, 0) is 0 Å². The van der Waals surface area contributed by atoms with Crippen molar-refractivity contribution >= 4 is 5.69 Å². The number of rotatable bonds is 4. The lowest BCUT2D eigenvalue weighted by Crippen LogP contribution is -2.50. The number of piperazine rings is 1. The molecule has 1 aliphatic rings. The van der Waals surface area contributed by atoms with Gasteiger partial charge in [0, 0.05) is 38.3 Å². The molecule has 0 aromatic heterocycles. The van der Waals surface area contributed by atoms with Crippen molar-refractivity contribution in [3.63, 3.8) is 0 Å². The molecule has 1 heterocycles. The van der Waals surface area contributed by atoms with Crippen LogP contribution in [0.15, 0.2) is 24.3 Å². The highest BCUT2D eigenvalue weighted by Gasteiger charge is 2.45. The molecular formula is C14H18F3N3O2. The van der Waals surface area contributed by atoms with Crippen molar-refractivity contribution in [3.8, 4) is 0 Å². The van der Waals surface area contributed by atoms with Crippen molar-refractivity contribution in [1.82, 2.24) is 9.80 Å². The van der Waals surface area contributed by atoms with Gasteiger partial charge in [-0.2, -0.15) is 13.2 Å². The molecule has 0 aliphatic carbocycles. The first-order valence-electron chi connectivity index (χ1n) is 7.10. The third kappa shape index (κ3) is 3.75. The van der Waals surface area contributed by atoms with Crippen LogP contribution < -0.4 is 0 Å². The molecule has 0 amide bonds. The Kier molecular flexibility index (Phi) is 5.02. The molecule has 122 valence electrons. The standard InChI is InChI=1S/C14H18F3N3O2/c1-2-18-7-9-19(10-8-18)13(14(15,16)17)11-3-5-12(6-4-11)20(21)22/h3-6,13H,2,7-10H2,1H3. The number of non-ortho nitro benzene ring substituents is 1. The molecule has 0 radical (unpaired) electrons. The van der Waals surface area contributed by atoms with E-state index in [0.717, 1.165) is 18.7 Å². The zero-order valence-electron chi connectivity index (χ0n) is 12.2. The van der Waals surface area contributed by atoms with Gasteiger partial charge in [-0.3, -0.25) is 15.0 Å². The minimum Gasteiger partial charge on any atom is -0.301 e. The molecule has 1 aliphatic heterocycles. The number of nitro groups is 1. The van der Waals surface area contributed by atoms with Gasteiger partial charge in [-0.15, -0.1) is 0 Å². The highest BCUT2D eigenvalue weighted by Crippen LogP contribution is 2.38. The predicted octanol–water partition coefficient (Wildman–Crippen LogP) is 2.84. The van der Waals surface area contributed by atoms with Gasteiger partial charge in [-0.1, -0.05) is 19.1 Å². The minimum atomic E-state index is -4.41. The summed E-state index contributed by atoms with van der Waals surface area (Å²) in [6.07, 6.45) is -4.41. The zero-order chi connectivity index (χ0) is 16.3. The molecule has 0 spiro atoms. The fourth-order valence-corrected chi connectivity index (χ4v) is 2.72. The third-order valence-corrected chi connectivity index (χ3v) is 3.95. The van der Waals surface area contributed by atoms with E-state index in [0.29, 0.717) is 26.2 Å². The van der Waals surface area contributed by atoms with Crippen LogP contribution in [0.2, 0.25) is 0 Å². The number of alkyl halides is 3. The second kappa shape index (κ2) is 6.62. The third-order valence-electron chi connectivity index (χ3n) is 3.95. The summed E-state index contributed by atoms with van der Waals surface area (Å²) in [4.78, 5) is 13.5. The first-order valence-corrected chi connectivity index (χ1v) is 7.10. The second-order valence-corrected chi connectivity index (χ2v) is 5.26. The van der Waals surface area contributed by atoms with Crippen LogP contribution >= 0.6 is 0 Å². The minimum absolute atomic E-state index is 0.0445.